The highest BCUT2D eigenvalue weighted by Gasteiger charge is 2.24. The average Bonchev–Trinajstić information content (AvgIpc) is 3.20. The third-order valence-electron chi connectivity index (χ3n) is 4.55. The summed E-state index contributed by atoms with van der Waals surface area (Å²) >= 11 is 2.94. The Hall–Kier alpha value is -2.12. The Bertz CT molecular complexity index is 1040. The number of rotatable bonds is 4. The van der Waals surface area contributed by atoms with Crippen molar-refractivity contribution in [3.05, 3.63) is 51.1 Å². The monoisotopic (exact) mass is 385 g/mol. The molecule has 1 aliphatic rings. The van der Waals surface area contributed by atoms with Crippen LogP contribution < -0.4 is 5.56 Å². The van der Waals surface area contributed by atoms with Gasteiger partial charge in [0.2, 0.25) is 5.91 Å². The summed E-state index contributed by atoms with van der Waals surface area (Å²) in [6.07, 6.45) is 3.09. The van der Waals surface area contributed by atoms with Crippen LogP contribution in [0.15, 0.2) is 40.3 Å². The number of para-hydroxylation sites is 1. The summed E-state index contributed by atoms with van der Waals surface area (Å²) in [7, 11) is 3.46. The van der Waals surface area contributed by atoms with Gasteiger partial charge < -0.3 is 4.90 Å². The van der Waals surface area contributed by atoms with E-state index >= 15 is 0 Å². The van der Waals surface area contributed by atoms with Gasteiger partial charge in [0.25, 0.3) is 5.56 Å². The summed E-state index contributed by atoms with van der Waals surface area (Å²) in [5, 5.41) is 1.33. The molecule has 4 rings (SSSR count). The predicted molar refractivity (Wildman–Crippen MR) is 107 cm³/mol. The molecule has 0 saturated carbocycles. The summed E-state index contributed by atoms with van der Waals surface area (Å²) in [6, 6.07) is 9.54. The van der Waals surface area contributed by atoms with Crippen LogP contribution in [0.5, 0.6) is 0 Å². The highest BCUT2D eigenvalue weighted by atomic mass is 32.2. The second-order valence-electron chi connectivity index (χ2n) is 6.48. The minimum atomic E-state index is -0.0274. The molecule has 1 aliphatic carbocycles. The number of hydrogen-bond donors (Lipinski definition) is 0. The molecule has 0 aliphatic heterocycles. The van der Waals surface area contributed by atoms with Crippen molar-refractivity contribution in [2.24, 2.45) is 0 Å². The van der Waals surface area contributed by atoms with Gasteiger partial charge in [0.1, 0.15) is 4.83 Å². The van der Waals surface area contributed by atoms with Gasteiger partial charge >= 0.3 is 0 Å². The number of aromatic nitrogens is 2. The van der Waals surface area contributed by atoms with Crippen molar-refractivity contribution in [1.29, 1.82) is 0 Å². The van der Waals surface area contributed by atoms with Crippen molar-refractivity contribution in [2.75, 3.05) is 19.8 Å². The van der Waals surface area contributed by atoms with E-state index in [-0.39, 0.29) is 17.2 Å². The van der Waals surface area contributed by atoms with Gasteiger partial charge in [0.05, 0.1) is 16.8 Å². The van der Waals surface area contributed by atoms with E-state index in [4.69, 9.17) is 4.98 Å². The third-order valence-corrected chi connectivity index (χ3v) is 6.66. The van der Waals surface area contributed by atoms with E-state index in [0.717, 1.165) is 35.2 Å². The molecular formula is C19H19N3O2S2. The van der Waals surface area contributed by atoms with Gasteiger partial charge in [-0.1, -0.05) is 30.0 Å². The largest absolute Gasteiger partial charge is 0.348 e. The second kappa shape index (κ2) is 6.89. The molecule has 0 fully saturated rings. The first-order valence-corrected chi connectivity index (χ1v) is 10.3. The lowest BCUT2D eigenvalue weighted by Gasteiger charge is -2.14. The number of fused-ring (bicyclic) bond motifs is 3. The van der Waals surface area contributed by atoms with Crippen molar-refractivity contribution in [2.45, 2.75) is 24.4 Å². The van der Waals surface area contributed by atoms with Crippen molar-refractivity contribution in [1.82, 2.24) is 14.5 Å². The number of benzene rings is 1. The van der Waals surface area contributed by atoms with E-state index < -0.39 is 0 Å². The van der Waals surface area contributed by atoms with Crippen molar-refractivity contribution in [3.8, 4) is 5.69 Å². The number of nitrogens with zero attached hydrogens (tertiary/aromatic N) is 3. The first-order valence-electron chi connectivity index (χ1n) is 8.52. The van der Waals surface area contributed by atoms with E-state index in [2.05, 4.69) is 0 Å². The molecule has 2 aromatic heterocycles. The van der Waals surface area contributed by atoms with Crippen LogP contribution in [0.25, 0.3) is 15.9 Å². The Kier molecular flexibility index (Phi) is 4.58. The number of thioether (sulfide) groups is 1. The molecule has 3 aromatic rings. The fraction of sp³-hybridized carbons (Fsp3) is 0.316. The average molecular weight is 386 g/mol. The lowest BCUT2D eigenvalue weighted by Crippen LogP contribution is -2.25. The van der Waals surface area contributed by atoms with Gasteiger partial charge in [-0.05, 0) is 37.0 Å². The molecular weight excluding hydrogens is 366 g/mol. The zero-order valence-electron chi connectivity index (χ0n) is 14.7. The van der Waals surface area contributed by atoms with Gasteiger partial charge in [-0.2, -0.15) is 0 Å². The van der Waals surface area contributed by atoms with Crippen LogP contribution in [0.4, 0.5) is 0 Å². The number of thiophene rings is 1. The molecule has 1 aromatic carbocycles. The molecule has 0 spiro atoms. The van der Waals surface area contributed by atoms with Crippen LogP contribution in [0.2, 0.25) is 0 Å². The fourth-order valence-electron chi connectivity index (χ4n) is 3.18. The molecule has 0 saturated heterocycles. The fourth-order valence-corrected chi connectivity index (χ4v) is 5.48. The minimum Gasteiger partial charge on any atom is -0.348 e. The summed E-state index contributed by atoms with van der Waals surface area (Å²) in [4.78, 5) is 33.8. The van der Waals surface area contributed by atoms with E-state index in [1.807, 2.05) is 30.3 Å². The number of amides is 1. The van der Waals surface area contributed by atoms with Crippen LogP contribution >= 0.6 is 23.1 Å². The van der Waals surface area contributed by atoms with Gasteiger partial charge in [-0.25, -0.2) is 4.98 Å². The first kappa shape index (κ1) is 17.3. The molecule has 0 radical (unpaired) electrons. The highest BCUT2D eigenvalue weighted by molar-refractivity contribution is 7.99. The molecule has 7 heteroatoms. The van der Waals surface area contributed by atoms with Crippen molar-refractivity contribution >= 4 is 39.2 Å². The summed E-state index contributed by atoms with van der Waals surface area (Å²) in [6.45, 7) is 0. The second-order valence-corrected chi connectivity index (χ2v) is 8.51. The SMILES string of the molecule is CN(C)C(=O)CSc1nc2sc3c(c2c(=O)n1-c1ccccc1)CCC3. The molecule has 0 bridgehead atoms. The molecule has 2 heterocycles. The van der Waals surface area contributed by atoms with Crippen molar-refractivity contribution in [3.63, 3.8) is 0 Å². The van der Waals surface area contributed by atoms with Crippen LogP contribution in [0, 0.1) is 0 Å². The molecule has 0 N–H and O–H groups in total. The van der Waals surface area contributed by atoms with E-state index in [9.17, 15) is 9.59 Å². The maximum atomic E-state index is 13.4. The summed E-state index contributed by atoms with van der Waals surface area (Å²) in [5.41, 5.74) is 1.93. The molecule has 0 atom stereocenters. The topological polar surface area (TPSA) is 55.2 Å². The zero-order chi connectivity index (χ0) is 18.3. The quantitative estimate of drug-likeness (QED) is 0.511. The summed E-state index contributed by atoms with van der Waals surface area (Å²) < 4.78 is 1.65. The number of carbonyl (C=O) groups excluding carboxylic acids is 1. The number of aryl methyl sites for hydroxylation is 2. The molecule has 0 unspecified atom stereocenters. The van der Waals surface area contributed by atoms with Crippen LogP contribution in [-0.2, 0) is 17.6 Å². The Balaban J connectivity index is 1.89. The van der Waals surface area contributed by atoms with E-state index in [1.54, 1.807) is 34.9 Å². The lowest BCUT2D eigenvalue weighted by molar-refractivity contribution is -0.125. The van der Waals surface area contributed by atoms with Crippen molar-refractivity contribution < 1.29 is 4.79 Å². The minimum absolute atomic E-state index is 0.00219. The van der Waals surface area contributed by atoms with Gasteiger partial charge in [-0.3, -0.25) is 14.2 Å². The first-order chi connectivity index (χ1) is 12.6. The Morgan fingerprint density at radius 3 is 2.77 bits per heavy atom. The maximum absolute atomic E-state index is 13.4. The van der Waals surface area contributed by atoms with E-state index in [0.29, 0.717) is 5.16 Å². The molecule has 5 nitrogen and oxygen atoms in total. The number of hydrogen-bond acceptors (Lipinski definition) is 5. The smallest absolute Gasteiger partial charge is 0.267 e. The Morgan fingerprint density at radius 2 is 2.04 bits per heavy atom. The highest BCUT2D eigenvalue weighted by Crippen LogP contribution is 2.36. The van der Waals surface area contributed by atoms with E-state index in [1.165, 1.54) is 22.2 Å². The lowest BCUT2D eigenvalue weighted by atomic mass is 10.2. The normalized spacial score (nSPS) is 13.2. The van der Waals surface area contributed by atoms with Crippen LogP contribution in [0.1, 0.15) is 16.9 Å². The standard InChI is InChI=1S/C19H19N3O2S2/c1-21(2)15(23)11-25-19-20-17-16(13-9-6-10-14(13)26-17)18(24)22(19)12-7-4-3-5-8-12/h3-5,7-8H,6,9-11H2,1-2H3. The van der Waals surface area contributed by atoms with Crippen LogP contribution in [-0.4, -0.2) is 40.2 Å². The Morgan fingerprint density at radius 1 is 1.27 bits per heavy atom. The zero-order valence-corrected chi connectivity index (χ0v) is 16.3. The number of carbonyl (C=O) groups is 1. The third kappa shape index (κ3) is 2.95. The van der Waals surface area contributed by atoms with Crippen LogP contribution in [0.3, 0.4) is 0 Å². The molecule has 134 valence electrons. The Labute approximate surface area is 159 Å². The molecule has 1 amide bonds. The van der Waals surface area contributed by atoms with Gasteiger partial charge in [0.15, 0.2) is 5.16 Å². The maximum Gasteiger partial charge on any atom is 0.267 e. The summed E-state index contributed by atoms with van der Waals surface area (Å²) in [5.74, 6) is 0.251. The predicted octanol–water partition coefficient (Wildman–Crippen LogP) is 3.12. The van der Waals surface area contributed by atoms with Gasteiger partial charge in [-0.15, -0.1) is 11.3 Å². The van der Waals surface area contributed by atoms with Gasteiger partial charge in [0, 0.05) is 19.0 Å². The molecule has 26 heavy (non-hydrogen) atoms.